The van der Waals surface area contributed by atoms with Crippen LogP contribution in [-0.2, 0) is 9.47 Å². The summed E-state index contributed by atoms with van der Waals surface area (Å²) in [7, 11) is 0. The Bertz CT molecular complexity index is 2100. The Kier molecular flexibility index (Phi) is 10.2. The third-order valence-corrected chi connectivity index (χ3v) is 14.1. The molecule has 10 rings (SSSR count). The van der Waals surface area contributed by atoms with Crippen LogP contribution in [0.5, 0.6) is 0 Å². The van der Waals surface area contributed by atoms with Gasteiger partial charge in [-0.05, 0) is 87.2 Å². The zero-order valence-electron chi connectivity index (χ0n) is 32.0. The van der Waals surface area contributed by atoms with Crippen molar-refractivity contribution < 1.29 is 29.9 Å². The monoisotopic (exact) mass is 768 g/mol. The maximum absolute atomic E-state index is 10.7. The molecule has 4 aromatic heterocycles. The Morgan fingerprint density at radius 3 is 1.84 bits per heavy atom. The minimum absolute atomic E-state index is 0.298. The van der Waals surface area contributed by atoms with Crippen LogP contribution in [0.25, 0.3) is 22.1 Å². The summed E-state index contributed by atoms with van der Waals surface area (Å²) in [5, 5.41) is 44.3. The van der Waals surface area contributed by atoms with E-state index in [0.29, 0.717) is 45.6 Å². The zero-order valence-corrected chi connectivity index (χ0v) is 32.0. The Labute approximate surface area is 326 Å². The molecular weight excluding hydrogens is 713 g/mol. The highest BCUT2D eigenvalue weighted by atomic mass is 16.6. The van der Waals surface area contributed by atoms with Crippen molar-refractivity contribution in [1.82, 2.24) is 29.1 Å². The number of anilines is 2. The Hall–Kier alpha value is -3.92. The van der Waals surface area contributed by atoms with Gasteiger partial charge in [0.25, 0.3) is 0 Å². The molecule has 2 spiro atoms. The lowest BCUT2D eigenvalue weighted by Gasteiger charge is -2.37. The van der Waals surface area contributed by atoms with Crippen LogP contribution in [-0.4, -0.2) is 86.1 Å². The molecule has 3 saturated carbocycles. The summed E-state index contributed by atoms with van der Waals surface area (Å²) < 4.78 is 15.8. The number of fused-ring (bicyclic) bond motifs is 2. The third kappa shape index (κ3) is 6.51. The van der Waals surface area contributed by atoms with Crippen LogP contribution in [0.15, 0.2) is 60.5 Å². The minimum atomic E-state index is -1.03. The van der Waals surface area contributed by atoms with Gasteiger partial charge in [0, 0.05) is 12.4 Å². The lowest BCUT2D eigenvalue weighted by molar-refractivity contribution is -0.0355. The van der Waals surface area contributed by atoms with Crippen molar-refractivity contribution in [2.75, 3.05) is 11.5 Å². The van der Waals surface area contributed by atoms with E-state index < -0.39 is 49.1 Å². The van der Waals surface area contributed by atoms with Gasteiger partial charge < -0.3 is 50.5 Å². The lowest BCUT2D eigenvalue weighted by Crippen LogP contribution is -2.33. The minimum Gasteiger partial charge on any atom is -0.388 e. The first kappa shape index (κ1) is 37.6. The zero-order chi connectivity index (χ0) is 38.6. The number of ether oxygens (including phenoxy) is 2. The van der Waals surface area contributed by atoms with E-state index in [1.54, 1.807) is 21.5 Å². The van der Waals surface area contributed by atoms with Gasteiger partial charge in [-0.1, -0.05) is 61.8 Å². The molecular formula is C42H56N8O6. The Morgan fingerprint density at radius 1 is 0.661 bits per heavy atom. The number of aliphatic hydroxyl groups excluding tert-OH is 4. The van der Waals surface area contributed by atoms with E-state index in [1.165, 1.54) is 107 Å². The van der Waals surface area contributed by atoms with Gasteiger partial charge in [0.2, 0.25) is 0 Å². The van der Waals surface area contributed by atoms with E-state index in [-0.39, 0.29) is 0 Å². The van der Waals surface area contributed by atoms with Gasteiger partial charge >= 0.3 is 0 Å². The number of nitrogen functional groups attached to an aromatic ring is 2. The first-order chi connectivity index (χ1) is 27.2. The summed E-state index contributed by atoms with van der Waals surface area (Å²) >= 11 is 0. The second kappa shape index (κ2) is 15.1. The number of hydrogen-bond donors (Lipinski definition) is 6. The van der Waals surface area contributed by atoms with Crippen LogP contribution < -0.4 is 11.5 Å². The molecule has 0 radical (unpaired) electrons. The average Bonchev–Trinajstić information content (AvgIpc) is 4.07. The van der Waals surface area contributed by atoms with Crippen LogP contribution in [0, 0.1) is 10.8 Å². The first-order valence-electron chi connectivity index (χ1n) is 20.8. The molecule has 14 nitrogen and oxygen atoms in total. The largest absolute Gasteiger partial charge is 0.388 e. The number of allylic oxidation sites excluding steroid dienone is 2. The smallest absolute Gasteiger partial charge is 0.164 e. The molecule has 0 aromatic carbocycles. The number of aliphatic hydroxyl groups is 4. The standard InChI is InChI=1S/2C21H28N4O3/c2*22-18-14-6-10-25(19(14)24-12-23-18)20-17(27)16(26)15(28-20)11-13-5-4-9-21(13)7-2-1-3-8-21/h6,10-12,15-17,20,26-27H,1-5,7-9H2,(H2,22,23,24);5-6,10,12,15-17,20,26-27H,1-4,7-9,11H2,(H2,22,23,24)/b13-11+;/t2*15-,16-,17-,20-/m11/s1. The number of aromatic nitrogens is 6. The second-order valence-corrected chi connectivity index (χ2v) is 17.2. The van der Waals surface area contributed by atoms with E-state index in [4.69, 9.17) is 20.9 Å². The van der Waals surface area contributed by atoms with Crippen LogP contribution >= 0.6 is 0 Å². The molecule has 6 heterocycles. The first-order valence-corrected chi connectivity index (χ1v) is 20.8. The van der Waals surface area contributed by atoms with Gasteiger partial charge in [-0.2, -0.15) is 0 Å². The maximum Gasteiger partial charge on any atom is 0.164 e. The molecule has 8 N–H and O–H groups in total. The van der Waals surface area contributed by atoms with E-state index in [9.17, 15) is 20.4 Å². The molecule has 8 atom stereocenters. The highest BCUT2D eigenvalue weighted by molar-refractivity contribution is 5.86. The topological polar surface area (TPSA) is 213 Å². The average molecular weight is 769 g/mol. The maximum atomic E-state index is 10.7. The van der Waals surface area contributed by atoms with Crippen molar-refractivity contribution in [2.24, 2.45) is 10.8 Å². The molecule has 4 aliphatic carbocycles. The number of nitrogens with zero attached hydrogens (tertiary/aromatic N) is 6. The summed E-state index contributed by atoms with van der Waals surface area (Å²) in [6, 6.07) is 3.63. The van der Waals surface area contributed by atoms with Gasteiger partial charge in [0.05, 0.1) is 16.9 Å². The molecule has 6 aliphatic rings. The molecule has 2 aliphatic heterocycles. The van der Waals surface area contributed by atoms with E-state index in [0.717, 1.165) is 18.2 Å². The van der Waals surface area contributed by atoms with Crippen LogP contribution in [0.4, 0.5) is 11.6 Å². The van der Waals surface area contributed by atoms with Crippen molar-refractivity contribution in [1.29, 1.82) is 0 Å². The molecule has 0 amide bonds. The van der Waals surface area contributed by atoms with Crippen molar-refractivity contribution >= 4 is 33.7 Å². The highest BCUT2D eigenvalue weighted by Gasteiger charge is 2.48. The summed E-state index contributed by atoms with van der Waals surface area (Å²) in [6.07, 6.45) is 23.9. The fraction of sp³-hybridized carbons (Fsp3) is 0.619. The van der Waals surface area contributed by atoms with Gasteiger partial charge in [0.15, 0.2) is 12.5 Å². The van der Waals surface area contributed by atoms with Gasteiger partial charge in [-0.3, -0.25) is 0 Å². The molecule has 300 valence electrons. The van der Waals surface area contributed by atoms with Crippen molar-refractivity contribution in [2.45, 2.75) is 152 Å². The SMILES string of the molecule is Nc1ncnc2c1ccn2[C@@H]1O[C@H](/C=C2\CCCC23CCCCC3)[C@@H](O)[C@H]1O.Nc1ncnc2c1ccn2[C@@H]1O[C@H](CC2=CCCC23CCCCC3)[C@@H](O)[C@H]1O. The summed E-state index contributed by atoms with van der Waals surface area (Å²) in [4.78, 5) is 16.6. The molecule has 0 unspecified atom stereocenters. The predicted molar refractivity (Wildman–Crippen MR) is 211 cm³/mol. The second-order valence-electron chi connectivity index (χ2n) is 17.2. The fourth-order valence-corrected chi connectivity index (χ4v) is 11.1. The number of hydrogen-bond acceptors (Lipinski definition) is 12. The normalized spacial score (nSPS) is 33.1. The number of rotatable bonds is 5. The van der Waals surface area contributed by atoms with Crippen LogP contribution in [0.1, 0.15) is 115 Å². The molecule has 14 heteroatoms. The van der Waals surface area contributed by atoms with Crippen LogP contribution in [0.2, 0.25) is 0 Å². The van der Waals surface area contributed by atoms with Gasteiger partial charge in [0.1, 0.15) is 66.1 Å². The molecule has 5 fully saturated rings. The summed E-state index contributed by atoms with van der Waals surface area (Å²) in [6.45, 7) is 0. The third-order valence-electron chi connectivity index (χ3n) is 14.1. The van der Waals surface area contributed by atoms with Crippen molar-refractivity contribution in [3.63, 3.8) is 0 Å². The summed E-state index contributed by atoms with van der Waals surface area (Å²) in [5.74, 6) is 0.782. The Morgan fingerprint density at radius 2 is 1.21 bits per heavy atom. The van der Waals surface area contributed by atoms with Crippen molar-refractivity contribution in [3.05, 3.63) is 60.5 Å². The number of nitrogens with two attached hydrogens (primary N) is 2. The quantitative estimate of drug-likeness (QED) is 0.141. The lowest BCUT2D eigenvalue weighted by atomic mass is 9.68. The molecule has 0 bridgehead atoms. The van der Waals surface area contributed by atoms with E-state index >= 15 is 0 Å². The molecule has 4 aromatic rings. The molecule has 2 saturated heterocycles. The van der Waals surface area contributed by atoms with Gasteiger partial charge in [-0.15, -0.1) is 0 Å². The summed E-state index contributed by atoms with van der Waals surface area (Å²) in [5.41, 5.74) is 16.5. The predicted octanol–water partition coefficient (Wildman–Crippen LogP) is 5.39. The Balaban J connectivity index is 0.000000146. The van der Waals surface area contributed by atoms with Crippen molar-refractivity contribution in [3.8, 4) is 0 Å². The highest BCUT2D eigenvalue weighted by Crippen LogP contribution is 2.54. The van der Waals surface area contributed by atoms with Gasteiger partial charge in [-0.25, -0.2) is 19.9 Å². The van der Waals surface area contributed by atoms with E-state index in [2.05, 4.69) is 32.1 Å². The van der Waals surface area contributed by atoms with E-state index in [1.807, 2.05) is 12.1 Å². The van der Waals surface area contributed by atoms with Crippen LogP contribution in [0.3, 0.4) is 0 Å². The molecule has 56 heavy (non-hydrogen) atoms. The fourth-order valence-electron chi connectivity index (χ4n) is 11.1.